The van der Waals surface area contributed by atoms with Crippen LogP contribution in [0.25, 0.3) is 11.3 Å². The second-order valence-electron chi connectivity index (χ2n) is 3.22. The number of halogens is 1. The Morgan fingerprint density at radius 1 is 1.47 bits per heavy atom. The van der Waals surface area contributed by atoms with E-state index in [1.165, 1.54) is 0 Å². The number of aromatic nitrogens is 3. The van der Waals surface area contributed by atoms with Crippen molar-refractivity contribution >= 4 is 17.6 Å². The van der Waals surface area contributed by atoms with E-state index in [0.29, 0.717) is 12.3 Å². The number of esters is 1. The van der Waals surface area contributed by atoms with Crippen LogP contribution in [-0.2, 0) is 4.74 Å². The van der Waals surface area contributed by atoms with Gasteiger partial charge in [-0.05, 0) is 19.1 Å². The third-order valence-electron chi connectivity index (χ3n) is 2.14. The summed E-state index contributed by atoms with van der Waals surface area (Å²) in [6.07, 6.45) is 3.26. The van der Waals surface area contributed by atoms with Crippen molar-refractivity contribution in [3.63, 3.8) is 0 Å². The summed E-state index contributed by atoms with van der Waals surface area (Å²) in [4.78, 5) is 15.4. The normalized spacial score (nSPS) is 10.2. The van der Waals surface area contributed by atoms with Crippen LogP contribution in [0.4, 0.5) is 0 Å². The third-order valence-corrected chi connectivity index (χ3v) is 2.51. The van der Waals surface area contributed by atoms with Crippen molar-refractivity contribution < 1.29 is 9.53 Å². The number of carbonyl (C=O) groups is 1. The molecule has 1 N–H and O–H groups in total. The molecule has 2 aromatic heterocycles. The molecule has 2 heterocycles. The Morgan fingerprint density at radius 2 is 2.18 bits per heavy atom. The van der Waals surface area contributed by atoms with Crippen LogP contribution >= 0.6 is 11.6 Å². The Morgan fingerprint density at radius 3 is 2.82 bits per heavy atom. The lowest BCUT2D eigenvalue weighted by molar-refractivity contribution is 0.0519. The highest BCUT2D eigenvalue weighted by atomic mass is 35.5. The highest BCUT2D eigenvalue weighted by Gasteiger charge is 2.19. The summed E-state index contributed by atoms with van der Waals surface area (Å²) in [5, 5.41) is 6.84. The van der Waals surface area contributed by atoms with Crippen LogP contribution in [0.1, 0.15) is 17.4 Å². The molecule has 88 valence electrons. The number of H-pyrrole nitrogens is 1. The highest BCUT2D eigenvalue weighted by molar-refractivity contribution is 6.35. The summed E-state index contributed by atoms with van der Waals surface area (Å²) >= 11 is 6.07. The number of pyridine rings is 1. The van der Waals surface area contributed by atoms with Crippen molar-refractivity contribution in [1.82, 2.24) is 15.2 Å². The van der Waals surface area contributed by atoms with E-state index in [2.05, 4.69) is 15.2 Å². The number of hydrogen-bond donors (Lipinski definition) is 1. The van der Waals surface area contributed by atoms with Crippen molar-refractivity contribution in [3.05, 3.63) is 35.2 Å². The van der Waals surface area contributed by atoms with Gasteiger partial charge in [-0.1, -0.05) is 11.6 Å². The van der Waals surface area contributed by atoms with E-state index in [1.807, 2.05) is 0 Å². The molecule has 6 heteroatoms. The first kappa shape index (κ1) is 11.6. The zero-order chi connectivity index (χ0) is 12.3. The molecular weight excluding hydrogens is 242 g/mol. The van der Waals surface area contributed by atoms with E-state index in [0.717, 1.165) is 5.56 Å². The minimum atomic E-state index is -0.509. The molecule has 5 nitrogen and oxygen atoms in total. The molecule has 0 aromatic carbocycles. The van der Waals surface area contributed by atoms with Crippen LogP contribution in [0.5, 0.6) is 0 Å². The first-order chi connectivity index (χ1) is 8.24. The quantitative estimate of drug-likeness (QED) is 0.850. The topological polar surface area (TPSA) is 67.9 Å². The Hall–Kier alpha value is -1.88. The van der Waals surface area contributed by atoms with E-state index in [1.54, 1.807) is 31.5 Å². The maximum Gasteiger partial charge on any atom is 0.357 e. The van der Waals surface area contributed by atoms with Gasteiger partial charge in [-0.15, -0.1) is 0 Å². The van der Waals surface area contributed by atoms with Gasteiger partial charge in [0, 0.05) is 18.0 Å². The maximum absolute atomic E-state index is 11.5. The summed E-state index contributed by atoms with van der Waals surface area (Å²) in [7, 11) is 0. The van der Waals surface area contributed by atoms with Gasteiger partial charge in [0.05, 0.1) is 6.61 Å². The van der Waals surface area contributed by atoms with Crippen molar-refractivity contribution in [1.29, 1.82) is 0 Å². The number of hydrogen-bond acceptors (Lipinski definition) is 4. The smallest absolute Gasteiger partial charge is 0.357 e. The average Bonchev–Trinajstić information content (AvgIpc) is 2.72. The van der Waals surface area contributed by atoms with Gasteiger partial charge in [-0.3, -0.25) is 10.1 Å². The fourth-order valence-corrected chi connectivity index (χ4v) is 1.64. The molecule has 0 spiro atoms. The van der Waals surface area contributed by atoms with Gasteiger partial charge in [-0.25, -0.2) is 4.79 Å². The van der Waals surface area contributed by atoms with Crippen LogP contribution in [0.3, 0.4) is 0 Å². The summed E-state index contributed by atoms with van der Waals surface area (Å²) in [5.74, 6) is -0.509. The lowest BCUT2D eigenvalue weighted by Gasteiger charge is -1.99. The van der Waals surface area contributed by atoms with E-state index in [-0.39, 0.29) is 10.7 Å². The molecule has 17 heavy (non-hydrogen) atoms. The van der Waals surface area contributed by atoms with Crippen molar-refractivity contribution in [2.45, 2.75) is 6.92 Å². The van der Waals surface area contributed by atoms with Crippen LogP contribution in [0.15, 0.2) is 24.5 Å². The molecule has 0 saturated heterocycles. The third kappa shape index (κ3) is 2.29. The molecule has 0 aliphatic rings. The second-order valence-corrected chi connectivity index (χ2v) is 3.60. The molecule has 0 fully saturated rings. The standard InChI is InChI=1S/C11H10ClN3O2/c1-2-17-11(16)10-8(12)9(14-15-10)7-3-5-13-6-4-7/h3-6H,2H2,1H3,(H,14,15). The fourth-order valence-electron chi connectivity index (χ4n) is 1.37. The largest absolute Gasteiger partial charge is 0.461 e. The lowest BCUT2D eigenvalue weighted by Crippen LogP contribution is -2.05. The average molecular weight is 252 g/mol. The molecule has 0 radical (unpaired) electrons. The molecule has 0 aliphatic carbocycles. The molecule has 0 saturated carbocycles. The van der Waals surface area contributed by atoms with E-state index in [4.69, 9.17) is 16.3 Å². The van der Waals surface area contributed by atoms with Gasteiger partial charge in [0.15, 0.2) is 5.69 Å². The van der Waals surface area contributed by atoms with Crippen molar-refractivity contribution in [2.24, 2.45) is 0 Å². The number of nitrogens with one attached hydrogen (secondary N) is 1. The molecule has 0 atom stereocenters. The number of nitrogens with zero attached hydrogens (tertiary/aromatic N) is 2. The molecular formula is C11H10ClN3O2. The van der Waals surface area contributed by atoms with Crippen LogP contribution in [-0.4, -0.2) is 27.8 Å². The van der Waals surface area contributed by atoms with Crippen LogP contribution in [0, 0.1) is 0 Å². The van der Waals surface area contributed by atoms with Gasteiger partial charge in [0.25, 0.3) is 0 Å². The SMILES string of the molecule is CCOC(=O)c1[nH]nc(-c2ccncc2)c1Cl. The lowest BCUT2D eigenvalue weighted by atomic mass is 10.2. The highest BCUT2D eigenvalue weighted by Crippen LogP contribution is 2.28. The molecule has 0 aliphatic heterocycles. The summed E-state index contributed by atoms with van der Waals surface area (Å²) < 4.78 is 4.85. The van der Waals surface area contributed by atoms with Gasteiger partial charge in [0.2, 0.25) is 0 Å². The zero-order valence-corrected chi connectivity index (χ0v) is 9.86. The first-order valence-corrected chi connectivity index (χ1v) is 5.43. The van der Waals surface area contributed by atoms with E-state index < -0.39 is 5.97 Å². The van der Waals surface area contributed by atoms with Crippen LogP contribution in [0.2, 0.25) is 5.02 Å². The van der Waals surface area contributed by atoms with Gasteiger partial charge >= 0.3 is 5.97 Å². The van der Waals surface area contributed by atoms with E-state index in [9.17, 15) is 4.79 Å². The first-order valence-electron chi connectivity index (χ1n) is 5.05. The fraction of sp³-hybridized carbons (Fsp3) is 0.182. The summed E-state index contributed by atoms with van der Waals surface area (Å²) in [5.41, 5.74) is 1.47. The predicted molar refractivity (Wildman–Crippen MR) is 62.8 cm³/mol. The molecule has 0 unspecified atom stereocenters. The summed E-state index contributed by atoms with van der Waals surface area (Å²) in [6.45, 7) is 2.02. The van der Waals surface area contributed by atoms with Crippen LogP contribution < -0.4 is 0 Å². The second kappa shape index (κ2) is 4.97. The summed E-state index contributed by atoms with van der Waals surface area (Å²) in [6, 6.07) is 3.52. The van der Waals surface area contributed by atoms with Crippen molar-refractivity contribution in [2.75, 3.05) is 6.61 Å². The molecule has 0 bridgehead atoms. The van der Waals surface area contributed by atoms with Gasteiger partial charge in [-0.2, -0.15) is 5.10 Å². The molecule has 2 aromatic rings. The zero-order valence-electron chi connectivity index (χ0n) is 9.11. The molecule has 2 rings (SSSR count). The number of aromatic amines is 1. The minimum Gasteiger partial charge on any atom is -0.461 e. The van der Waals surface area contributed by atoms with Gasteiger partial charge < -0.3 is 4.74 Å². The van der Waals surface area contributed by atoms with E-state index >= 15 is 0 Å². The molecule has 0 amide bonds. The van der Waals surface area contributed by atoms with Crippen molar-refractivity contribution in [3.8, 4) is 11.3 Å². The number of ether oxygens (including phenoxy) is 1. The Balaban J connectivity index is 2.37. The minimum absolute atomic E-state index is 0.167. The number of rotatable bonds is 3. The number of carbonyl (C=O) groups excluding carboxylic acids is 1. The Labute approximate surface area is 103 Å². The Kier molecular flexibility index (Phi) is 3.39. The predicted octanol–water partition coefficient (Wildman–Crippen LogP) is 2.30. The monoisotopic (exact) mass is 251 g/mol. The van der Waals surface area contributed by atoms with Gasteiger partial charge in [0.1, 0.15) is 10.7 Å². The maximum atomic E-state index is 11.5. The Bertz CT molecular complexity index is 525.